The average molecular weight is 211 g/mol. The topological polar surface area (TPSA) is 21.3 Å². The molecule has 0 bridgehead atoms. The zero-order valence-corrected chi connectivity index (χ0v) is 10.0. The third-order valence-corrected chi connectivity index (χ3v) is 4.02. The molecule has 0 aromatic rings. The van der Waals surface area contributed by atoms with Gasteiger partial charge in [0.15, 0.2) is 0 Å². The largest absolute Gasteiger partial charge is 0.380 e. The van der Waals surface area contributed by atoms with Gasteiger partial charge in [0, 0.05) is 18.7 Å². The van der Waals surface area contributed by atoms with Gasteiger partial charge in [-0.05, 0) is 38.5 Å². The lowest BCUT2D eigenvalue weighted by Gasteiger charge is -2.33. The summed E-state index contributed by atoms with van der Waals surface area (Å²) in [7, 11) is 0. The van der Waals surface area contributed by atoms with Crippen LogP contribution in [-0.4, -0.2) is 25.3 Å². The zero-order valence-electron chi connectivity index (χ0n) is 10.0. The Morgan fingerprint density at radius 3 is 2.53 bits per heavy atom. The van der Waals surface area contributed by atoms with Crippen molar-refractivity contribution in [2.45, 2.75) is 64.0 Å². The molecular formula is C13H25NO. The number of hydrogen-bond acceptors (Lipinski definition) is 2. The minimum absolute atomic E-state index is 0.621. The Bertz CT molecular complexity index is 171. The molecule has 0 spiro atoms. The van der Waals surface area contributed by atoms with Gasteiger partial charge in [-0.25, -0.2) is 0 Å². The van der Waals surface area contributed by atoms with Crippen LogP contribution in [0.25, 0.3) is 0 Å². The Hall–Kier alpha value is -0.0800. The van der Waals surface area contributed by atoms with Crippen LogP contribution in [0.15, 0.2) is 0 Å². The number of nitrogens with one attached hydrogen (secondary N) is 1. The molecule has 1 aliphatic carbocycles. The maximum absolute atomic E-state index is 5.51. The molecule has 2 atom stereocenters. The van der Waals surface area contributed by atoms with Crippen molar-refractivity contribution in [2.24, 2.45) is 5.92 Å². The van der Waals surface area contributed by atoms with E-state index in [2.05, 4.69) is 12.2 Å². The van der Waals surface area contributed by atoms with Gasteiger partial charge < -0.3 is 10.1 Å². The van der Waals surface area contributed by atoms with E-state index < -0.39 is 0 Å². The van der Waals surface area contributed by atoms with E-state index in [1.54, 1.807) is 0 Å². The minimum Gasteiger partial charge on any atom is -0.380 e. The Morgan fingerprint density at radius 2 is 1.87 bits per heavy atom. The van der Waals surface area contributed by atoms with Crippen LogP contribution >= 0.6 is 0 Å². The highest BCUT2D eigenvalue weighted by Gasteiger charge is 2.23. The summed E-state index contributed by atoms with van der Waals surface area (Å²) in [5.74, 6) is 0.917. The highest BCUT2D eigenvalue weighted by atomic mass is 16.5. The van der Waals surface area contributed by atoms with E-state index in [-0.39, 0.29) is 0 Å². The molecule has 88 valence electrons. The molecular weight excluding hydrogens is 186 g/mol. The van der Waals surface area contributed by atoms with E-state index in [0.717, 1.165) is 19.1 Å². The van der Waals surface area contributed by atoms with Crippen molar-refractivity contribution >= 4 is 0 Å². The second kappa shape index (κ2) is 5.86. The van der Waals surface area contributed by atoms with Crippen LogP contribution in [0.3, 0.4) is 0 Å². The van der Waals surface area contributed by atoms with Crippen molar-refractivity contribution in [3.05, 3.63) is 0 Å². The second-order valence-electron chi connectivity index (χ2n) is 5.27. The summed E-state index contributed by atoms with van der Waals surface area (Å²) in [6, 6.07) is 1.31. The first-order valence-electron chi connectivity index (χ1n) is 6.70. The summed E-state index contributed by atoms with van der Waals surface area (Å²) in [5, 5.41) is 3.76. The first kappa shape index (κ1) is 11.4. The quantitative estimate of drug-likeness (QED) is 0.775. The van der Waals surface area contributed by atoms with E-state index in [1.165, 1.54) is 44.9 Å². The molecule has 2 rings (SSSR count). The Morgan fingerprint density at radius 1 is 1.07 bits per heavy atom. The number of rotatable bonds is 3. The van der Waals surface area contributed by atoms with Gasteiger partial charge in [0.05, 0.1) is 6.61 Å². The Kier molecular flexibility index (Phi) is 4.45. The third kappa shape index (κ3) is 3.46. The predicted octanol–water partition coefficient (Wildman–Crippen LogP) is 2.72. The molecule has 0 aromatic heterocycles. The first-order valence-corrected chi connectivity index (χ1v) is 6.70. The lowest BCUT2D eigenvalue weighted by molar-refractivity contribution is 0.0626. The summed E-state index contributed by atoms with van der Waals surface area (Å²) in [6.07, 6.45) is 9.74. The summed E-state index contributed by atoms with van der Waals surface area (Å²) in [4.78, 5) is 0. The Labute approximate surface area is 93.8 Å². The van der Waals surface area contributed by atoms with Crippen LogP contribution < -0.4 is 5.32 Å². The van der Waals surface area contributed by atoms with E-state index in [1.807, 2.05) is 0 Å². The molecule has 1 N–H and O–H groups in total. The summed E-state index contributed by atoms with van der Waals surface area (Å²) >= 11 is 0. The zero-order chi connectivity index (χ0) is 10.5. The third-order valence-electron chi connectivity index (χ3n) is 4.02. The van der Waals surface area contributed by atoms with E-state index in [9.17, 15) is 0 Å². The van der Waals surface area contributed by atoms with Crippen LogP contribution in [0.4, 0.5) is 0 Å². The lowest BCUT2D eigenvalue weighted by atomic mass is 9.84. The summed E-state index contributed by atoms with van der Waals surface area (Å²) < 4.78 is 5.51. The molecule has 2 fully saturated rings. The van der Waals surface area contributed by atoms with E-state index in [4.69, 9.17) is 4.74 Å². The van der Waals surface area contributed by atoms with E-state index >= 15 is 0 Å². The fourth-order valence-electron chi connectivity index (χ4n) is 3.01. The van der Waals surface area contributed by atoms with Gasteiger partial charge in [-0.15, -0.1) is 0 Å². The van der Waals surface area contributed by atoms with Crippen molar-refractivity contribution in [1.29, 1.82) is 0 Å². The van der Waals surface area contributed by atoms with E-state index in [0.29, 0.717) is 12.1 Å². The van der Waals surface area contributed by atoms with Crippen LogP contribution in [0, 0.1) is 5.92 Å². The number of ether oxygens (including phenoxy) is 1. The van der Waals surface area contributed by atoms with Gasteiger partial charge in [-0.1, -0.05) is 19.3 Å². The van der Waals surface area contributed by atoms with Crippen LogP contribution in [-0.2, 0) is 4.74 Å². The van der Waals surface area contributed by atoms with Gasteiger partial charge in [-0.3, -0.25) is 0 Å². The normalized spacial score (nSPS) is 31.4. The number of hydrogen-bond donors (Lipinski definition) is 1. The van der Waals surface area contributed by atoms with Gasteiger partial charge in [0.1, 0.15) is 0 Å². The SMILES string of the molecule is C[C@@H](NC1CCCOC1)C1CCCCC1. The molecule has 2 aliphatic rings. The molecule has 2 nitrogen and oxygen atoms in total. The van der Waals surface area contributed by atoms with Crippen LogP contribution in [0.1, 0.15) is 51.9 Å². The smallest absolute Gasteiger partial charge is 0.0619 e. The molecule has 2 heteroatoms. The highest BCUT2D eigenvalue weighted by Crippen LogP contribution is 2.26. The summed E-state index contributed by atoms with van der Waals surface area (Å²) in [5.41, 5.74) is 0. The maximum atomic E-state index is 5.51. The Balaban J connectivity index is 1.72. The monoisotopic (exact) mass is 211 g/mol. The van der Waals surface area contributed by atoms with Crippen LogP contribution in [0.5, 0.6) is 0 Å². The first-order chi connectivity index (χ1) is 7.36. The van der Waals surface area contributed by atoms with Gasteiger partial charge in [0.25, 0.3) is 0 Å². The van der Waals surface area contributed by atoms with Crippen molar-refractivity contribution in [3.8, 4) is 0 Å². The molecule has 1 unspecified atom stereocenters. The lowest BCUT2D eigenvalue weighted by Crippen LogP contribution is -2.45. The minimum atomic E-state index is 0.621. The molecule has 1 heterocycles. The van der Waals surface area contributed by atoms with Gasteiger partial charge in [-0.2, -0.15) is 0 Å². The van der Waals surface area contributed by atoms with Crippen molar-refractivity contribution in [3.63, 3.8) is 0 Å². The van der Waals surface area contributed by atoms with Crippen molar-refractivity contribution < 1.29 is 4.74 Å². The highest BCUT2D eigenvalue weighted by molar-refractivity contribution is 4.80. The van der Waals surface area contributed by atoms with Gasteiger partial charge >= 0.3 is 0 Å². The molecule has 1 aliphatic heterocycles. The molecule has 0 radical (unpaired) electrons. The fourth-order valence-corrected chi connectivity index (χ4v) is 3.01. The molecule has 15 heavy (non-hydrogen) atoms. The van der Waals surface area contributed by atoms with Gasteiger partial charge in [0.2, 0.25) is 0 Å². The predicted molar refractivity (Wildman–Crippen MR) is 63.0 cm³/mol. The standard InChI is InChI=1S/C13H25NO/c1-11(12-6-3-2-4-7-12)14-13-8-5-9-15-10-13/h11-14H,2-10H2,1H3/t11-,13?/m1/s1. The summed E-state index contributed by atoms with van der Waals surface area (Å²) in [6.45, 7) is 4.26. The van der Waals surface area contributed by atoms with Crippen molar-refractivity contribution in [1.82, 2.24) is 5.32 Å². The molecule has 1 saturated carbocycles. The molecule has 0 amide bonds. The molecule has 1 saturated heterocycles. The second-order valence-corrected chi connectivity index (χ2v) is 5.27. The van der Waals surface area contributed by atoms with Crippen LogP contribution in [0.2, 0.25) is 0 Å². The average Bonchev–Trinajstić information content (AvgIpc) is 2.31. The maximum Gasteiger partial charge on any atom is 0.0619 e. The fraction of sp³-hybridized carbons (Fsp3) is 1.00. The van der Waals surface area contributed by atoms with Crippen molar-refractivity contribution in [2.75, 3.05) is 13.2 Å². The molecule has 0 aromatic carbocycles.